The standard InChI is InChI=1S/C12H13Cl2N3O/c1-8(6-15)7-17(2)12(18)16-11-4-9(13)3-10(14)5-11/h3-5,8H,7H2,1-2H3,(H,16,18). The van der Waals surface area contributed by atoms with Crippen molar-refractivity contribution in [2.24, 2.45) is 5.92 Å². The van der Waals surface area contributed by atoms with E-state index < -0.39 is 0 Å². The maximum atomic E-state index is 11.8. The van der Waals surface area contributed by atoms with Gasteiger partial charge in [-0.15, -0.1) is 0 Å². The molecule has 0 saturated heterocycles. The van der Waals surface area contributed by atoms with Gasteiger partial charge in [-0.3, -0.25) is 0 Å². The van der Waals surface area contributed by atoms with Gasteiger partial charge in [0.15, 0.2) is 0 Å². The largest absolute Gasteiger partial charge is 0.326 e. The van der Waals surface area contributed by atoms with Gasteiger partial charge in [0.2, 0.25) is 0 Å². The SMILES string of the molecule is CC(C#N)CN(C)C(=O)Nc1cc(Cl)cc(Cl)c1. The second kappa shape index (κ2) is 6.48. The van der Waals surface area contributed by atoms with Gasteiger partial charge in [0.05, 0.1) is 12.0 Å². The van der Waals surface area contributed by atoms with Crippen LogP contribution in [0.15, 0.2) is 18.2 Å². The van der Waals surface area contributed by atoms with E-state index in [1.54, 1.807) is 32.2 Å². The summed E-state index contributed by atoms with van der Waals surface area (Å²) in [5.41, 5.74) is 0.522. The highest BCUT2D eigenvalue weighted by Gasteiger charge is 2.12. The summed E-state index contributed by atoms with van der Waals surface area (Å²) in [5, 5.41) is 12.2. The van der Waals surface area contributed by atoms with Crippen LogP contribution in [-0.4, -0.2) is 24.5 Å². The zero-order valence-corrected chi connectivity index (χ0v) is 11.6. The molecule has 1 aromatic rings. The molecule has 0 aliphatic rings. The van der Waals surface area contributed by atoms with Crippen molar-refractivity contribution in [2.75, 3.05) is 18.9 Å². The number of nitriles is 1. The minimum Gasteiger partial charge on any atom is -0.326 e. The summed E-state index contributed by atoms with van der Waals surface area (Å²) >= 11 is 11.7. The summed E-state index contributed by atoms with van der Waals surface area (Å²) in [7, 11) is 1.62. The van der Waals surface area contributed by atoms with Crippen LogP contribution >= 0.6 is 23.2 Å². The fraction of sp³-hybridized carbons (Fsp3) is 0.333. The van der Waals surface area contributed by atoms with Crippen molar-refractivity contribution >= 4 is 34.9 Å². The number of hydrogen-bond acceptors (Lipinski definition) is 2. The summed E-state index contributed by atoms with van der Waals surface area (Å²) in [5.74, 6) is -0.219. The van der Waals surface area contributed by atoms with Gasteiger partial charge in [-0.2, -0.15) is 5.26 Å². The number of carbonyl (C=O) groups excluding carboxylic acids is 1. The molecule has 0 aliphatic carbocycles. The third-order valence-electron chi connectivity index (χ3n) is 2.23. The third-order valence-corrected chi connectivity index (χ3v) is 2.67. The Hall–Kier alpha value is -1.44. The predicted octanol–water partition coefficient (Wildman–Crippen LogP) is 3.62. The van der Waals surface area contributed by atoms with Crippen LogP contribution in [-0.2, 0) is 0 Å². The molecule has 18 heavy (non-hydrogen) atoms. The molecule has 0 heterocycles. The Morgan fingerprint density at radius 3 is 2.50 bits per heavy atom. The molecule has 0 aromatic heterocycles. The van der Waals surface area contributed by atoms with Crippen LogP contribution in [0, 0.1) is 17.2 Å². The van der Waals surface area contributed by atoms with E-state index in [-0.39, 0.29) is 11.9 Å². The first-order chi connectivity index (χ1) is 8.42. The molecule has 0 bridgehead atoms. The molecular formula is C12H13Cl2N3O. The fourth-order valence-corrected chi connectivity index (χ4v) is 1.91. The van der Waals surface area contributed by atoms with E-state index in [2.05, 4.69) is 11.4 Å². The average molecular weight is 286 g/mol. The van der Waals surface area contributed by atoms with Crippen molar-refractivity contribution in [3.63, 3.8) is 0 Å². The molecule has 1 aromatic carbocycles. The zero-order chi connectivity index (χ0) is 13.7. The van der Waals surface area contributed by atoms with Crippen LogP contribution in [0.5, 0.6) is 0 Å². The number of benzene rings is 1. The Morgan fingerprint density at radius 1 is 1.44 bits per heavy atom. The molecule has 1 rings (SSSR count). The lowest BCUT2D eigenvalue weighted by Gasteiger charge is -2.19. The van der Waals surface area contributed by atoms with Crippen LogP contribution in [0.1, 0.15) is 6.92 Å². The molecule has 4 nitrogen and oxygen atoms in total. The minimum atomic E-state index is -0.310. The predicted molar refractivity (Wildman–Crippen MR) is 72.9 cm³/mol. The number of urea groups is 1. The molecule has 0 radical (unpaired) electrons. The molecule has 96 valence electrons. The summed E-state index contributed by atoms with van der Waals surface area (Å²) in [6, 6.07) is 6.55. The Bertz CT molecular complexity index is 464. The maximum Gasteiger partial charge on any atom is 0.321 e. The summed E-state index contributed by atoms with van der Waals surface area (Å²) in [6.45, 7) is 2.11. The number of carbonyl (C=O) groups is 1. The lowest BCUT2D eigenvalue weighted by atomic mass is 10.2. The number of nitrogens with one attached hydrogen (secondary N) is 1. The molecule has 1 unspecified atom stereocenters. The van der Waals surface area contributed by atoms with Crippen LogP contribution < -0.4 is 5.32 Å². The Balaban J connectivity index is 2.67. The van der Waals surface area contributed by atoms with Crippen molar-refractivity contribution in [1.29, 1.82) is 5.26 Å². The van der Waals surface area contributed by atoms with Gasteiger partial charge >= 0.3 is 6.03 Å². The number of rotatable bonds is 3. The van der Waals surface area contributed by atoms with Gasteiger partial charge in [-0.1, -0.05) is 23.2 Å². The Kier molecular flexibility index (Phi) is 5.26. The van der Waals surface area contributed by atoms with E-state index in [0.717, 1.165) is 0 Å². The Labute approximate surface area is 116 Å². The normalized spacial score (nSPS) is 11.5. The van der Waals surface area contributed by atoms with Crippen molar-refractivity contribution in [2.45, 2.75) is 6.92 Å². The number of amides is 2. The molecule has 6 heteroatoms. The number of anilines is 1. The number of nitrogens with zero attached hydrogens (tertiary/aromatic N) is 2. The fourth-order valence-electron chi connectivity index (χ4n) is 1.38. The highest BCUT2D eigenvalue weighted by atomic mass is 35.5. The topological polar surface area (TPSA) is 56.1 Å². The van der Waals surface area contributed by atoms with Crippen LogP contribution in [0.3, 0.4) is 0 Å². The zero-order valence-electron chi connectivity index (χ0n) is 10.1. The van der Waals surface area contributed by atoms with Crippen molar-refractivity contribution < 1.29 is 4.79 Å². The summed E-state index contributed by atoms with van der Waals surface area (Å²) in [4.78, 5) is 13.2. The van der Waals surface area contributed by atoms with Crippen LogP contribution in [0.2, 0.25) is 10.0 Å². The second-order valence-corrected chi connectivity index (χ2v) is 4.87. The molecule has 0 spiro atoms. The molecular weight excluding hydrogens is 273 g/mol. The number of hydrogen-bond donors (Lipinski definition) is 1. The summed E-state index contributed by atoms with van der Waals surface area (Å²) < 4.78 is 0. The molecule has 1 atom stereocenters. The first-order valence-corrected chi connectivity index (χ1v) is 6.05. The highest BCUT2D eigenvalue weighted by molar-refractivity contribution is 6.35. The quantitative estimate of drug-likeness (QED) is 0.922. The van der Waals surface area contributed by atoms with E-state index in [1.807, 2.05) is 0 Å². The molecule has 0 fully saturated rings. The van der Waals surface area contributed by atoms with E-state index in [9.17, 15) is 4.79 Å². The molecule has 0 aliphatic heterocycles. The van der Waals surface area contributed by atoms with Gasteiger partial charge < -0.3 is 10.2 Å². The van der Waals surface area contributed by atoms with E-state index in [0.29, 0.717) is 22.3 Å². The highest BCUT2D eigenvalue weighted by Crippen LogP contribution is 2.22. The van der Waals surface area contributed by atoms with Crippen molar-refractivity contribution in [1.82, 2.24) is 4.90 Å². The maximum absolute atomic E-state index is 11.8. The monoisotopic (exact) mass is 285 g/mol. The Morgan fingerprint density at radius 2 is 2.00 bits per heavy atom. The van der Waals surface area contributed by atoms with Gasteiger partial charge in [0, 0.05) is 29.3 Å². The first-order valence-electron chi connectivity index (χ1n) is 5.30. The van der Waals surface area contributed by atoms with E-state index in [4.69, 9.17) is 28.5 Å². The smallest absolute Gasteiger partial charge is 0.321 e. The van der Waals surface area contributed by atoms with Gasteiger partial charge in [-0.25, -0.2) is 4.79 Å². The van der Waals surface area contributed by atoms with Gasteiger partial charge in [-0.05, 0) is 25.1 Å². The number of halogens is 2. The molecule has 0 saturated carbocycles. The van der Waals surface area contributed by atoms with Gasteiger partial charge in [0.1, 0.15) is 0 Å². The van der Waals surface area contributed by atoms with E-state index >= 15 is 0 Å². The summed E-state index contributed by atoms with van der Waals surface area (Å²) in [6.07, 6.45) is 0. The van der Waals surface area contributed by atoms with Gasteiger partial charge in [0.25, 0.3) is 0 Å². The lowest BCUT2D eigenvalue weighted by Crippen LogP contribution is -2.34. The van der Waals surface area contributed by atoms with Crippen molar-refractivity contribution in [3.8, 4) is 6.07 Å². The van der Waals surface area contributed by atoms with Crippen molar-refractivity contribution in [3.05, 3.63) is 28.2 Å². The molecule has 2 amide bonds. The second-order valence-electron chi connectivity index (χ2n) is 4.00. The van der Waals surface area contributed by atoms with E-state index in [1.165, 1.54) is 4.90 Å². The molecule has 1 N–H and O–H groups in total. The first kappa shape index (κ1) is 14.6. The lowest BCUT2D eigenvalue weighted by molar-refractivity contribution is 0.219. The van der Waals surface area contributed by atoms with Crippen LogP contribution in [0.4, 0.5) is 10.5 Å². The third kappa shape index (κ3) is 4.44. The average Bonchev–Trinajstić information content (AvgIpc) is 2.27. The van der Waals surface area contributed by atoms with Crippen LogP contribution in [0.25, 0.3) is 0 Å². The minimum absolute atomic E-state index is 0.219.